The third-order valence-electron chi connectivity index (χ3n) is 1.99. The molecular formula is C7H6N5+. The quantitative estimate of drug-likeness (QED) is 0.414. The molecule has 1 aliphatic heterocycles. The summed E-state index contributed by atoms with van der Waals surface area (Å²) in [7, 11) is 0. The van der Waals surface area contributed by atoms with Gasteiger partial charge in [0.1, 0.15) is 0 Å². The van der Waals surface area contributed by atoms with Crippen LogP contribution in [0.15, 0.2) is 24.4 Å². The first-order valence-electron chi connectivity index (χ1n) is 3.70. The number of nitrogens with zero attached hydrogens (tertiary/aromatic N) is 5. The molecule has 0 aromatic carbocycles. The number of rotatable bonds is 0. The summed E-state index contributed by atoms with van der Waals surface area (Å²) in [6, 6.07) is 5.98. The van der Waals surface area contributed by atoms with Crippen molar-refractivity contribution in [3.05, 3.63) is 24.4 Å². The van der Waals surface area contributed by atoms with Crippen LogP contribution in [0.2, 0.25) is 0 Å². The summed E-state index contributed by atoms with van der Waals surface area (Å²) in [5.41, 5.74) is 1.07. The van der Waals surface area contributed by atoms with Crippen molar-refractivity contribution in [2.45, 2.75) is 6.67 Å². The highest BCUT2D eigenvalue weighted by atomic mass is 15.6. The molecule has 12 heavy (non-hydrogen) atoms. The fourth-order valence-corrected chi connectivity index (χ4v) is 1.43. The van der Waals surface area contributed by atoms with Gasteiger partial charge in [-0.2, -0.15) is 9.25 Å². The molecule has 5 heteroatoms. The molecule has 0 atom stereocenters. The summed E-state index contributed by atoms with van der Waals surface area (Å²) < 4.78 is 3.85. The highest BCUT2D eigenvalue weighted by Crippen LogP contribution is 2.14. The van der Waals surface area contributed by atoms with Gasteiger partial charge in [-0.1, -0.05) is 0 Å². The third kappa shape index (κ3) is 0.578. The summed E-state index contributed by atoms with van der Waals surface area (Å²) in [5.74, 6) is 0.843. The molecule has 5 nitrogen and oxygen atoms in total. The van der Waals surface area contributed by atoms with E-state index >= 15 is 0 Å². The average Bonchev–Trinajstić information content (AvgIpc) is 2.62. The topological polar surface area (TPSA) is 47.5 Å². The highest BCUT2D eigenvalue weighted by molar-refractivity contribution is 5.44. The van der Waals surface area contributed by atoms with E-state index in [-0.39, 0.29) is 0 Å². The minimum Gasteiger partial charge on any atom is -0.174 e. The molecule has 2 aromatic heterocycles. The van der Waals surface area contributed by atoms with Crippen LogP contribution in [-0.4, -0.2) is 20.2 Å². The summed E-state index contributed by atoms with van der Waals surface area (Å²) in [6.45, 7) is 0.721. The Hall–Kier alpha value is -1.78. The van der Waals surface area contributed by atoms with Gasteiger partial charge in [0.2, 0.25) is 6.67 Å². The number of hydrogen-bond donors (Lipinski definition) is 0. The predicted octanol–water partition coefficient (Wildman–Crippen LogP) is -0.553. The number of hydrogen-bond acceptors (Lipinski definition) is 3. The van der Waals surface area contributed by atoms with Gasteiger partial charge in [-0.15, -0.1) is 5.10 Å². The monoisotopic (exact) mass is 160 g/mol. The molecular weight excluding hydrogens is 154 g/mol. The fraction of sp³-hybridized carbons (Fsp3) is 0.143. The largest absolute Gasteiger partial charge is 0.253 e. The molecule has 0 amide bonds. The lowest BCUT2D eigenvalue weighted by molar-refractivity contribution is -0.683. The Balaban J connectivity index is 2.34. The van der Waals surface area contributed by atoms with Gasteiger partial charge in [0, 0.05) is 12.1 Å². The maximum atomic E-state index is 3.92. The van der Waals surface area contributed by atoms with Crippen molar-refractivity contribution in [3.8, 4) is 11.5 Å². The van der Waals surface area contributed by atoms with E-state index < -0.39 is 0 Å². The molecule has 0 aliphatic carbocycles. The van der Waals surface area contributed by atoms with E-state index in [1.165, 1.54) is 0 Å². The van der Waals surface area contributed by atoms with Crippen LogP contribution in [0.1, 0.15) is 0 Å². The second-order valence-electron chi connectivity index (χ2n) is 2.70. The van der Waals surface area contributed by atoms with Crippen molar-refractivity contribution >= 4 is 0 Å². The van der Waals surface area contributed by atoms with Gasteiger partial charge >= 0.3 is 0 Å². The van der Waals surface area contributed by atoms with Crippen molar-refractivity contribution in [1.82, 2.24) is 20.2 Å². The van der Waals surface area contributed by atoms with Crippen molar-refractivity contribution in [1.29, 1.82) is 0 Å². The second-order valence-corrected chi connectivity index (χ2v) is 2.70. The van der Waals surface area contributed by atoms with Gasteiger partial charge in [0.25, 0.3) is 11.5 Å². The lowest BCUT2D eigenvalue weighted by Crippen LogP contribution is -2.33. The van der Waals surface area contributed by atoms with Gasteiger partial charge in [-0.25, -0.2) is 0 Å². The molecule has 0 spiro atoms. The van der Waals surface area contributed by atoms with Crippen LogP contribution in [0.5, 0.6) is 0 Å². The molecule has 0 radical (unpaired) electrons. The molecule has 3 rings (SSSR count). The highest BCUT2D eigenvalue weighted by Gasteiger charge is 2.27. The van der Waals surface area contributed by atoms with Gasteiger partial charge in [0.05, 0.1) is 0 Å². The SMILES string of the molecule is c1cc[n+]2c(c1)-c1nnnn1C2. The Kier molecular flexibility index (Phi) is 0.910. The van der Waals surface area contributed by atoms with Crippen LogP contribution < -0.4 is 4.57 Å². The first kappa shape index (κ1) is 5.82. The van der Waals surface area contributed by atoms with E-state index in [4.69, 9.17) is 0 Å². The van der Waals surface area contributed by atoms with Crippen LogP contribution in [0, 0.1) is 0 Å². The van der Waals surface area contributed by atoms with Gasteiger partial charge in [-0.3, -0.25) is 0 Å². The normalized spacial score (nSPS) is 12.7. The van der Waals surface area contributed by atoms with Gasteiger partial charge < -0.3 is 0 Å². The van der Waals surface area contributed by atoms with Crippen LogP contribution in [-0.2, 0) is 6.67 Å². The van der Waals surface area contributed by atoms with E-state index in [1.807, 2.05) is 24.4 Å². The van der Waals surface area contributed by atoms with Crippen molar-refractivity contribution in [2.24, 2.45) is 0 Å². The van der Waals surface area contributed by atoms with Crippen LogP contribution in [0.3, 0.4) is 0 Å². The molecule has 0 fully saturated rings. The Labute approximate surface area is 68.3 Å². The van der Waals surface area contributed by atoms with E-state index in [2.05, 4.69) is 20.1 Å². The lowest BCUT2D eigenvalue weighted by Gasteiger charge is -1.86. The minimum absolute atomic E-state index is 0.721. The summed E-state index contributed by atoms with van der Waals surface area (Å²) in [6.07, 6.45) is 2.01. The average molecular weight is 160 g/mol. The predicted molar refractivity (Wildman–Crippen MR) is 38.8 cm³/mol. The second kappa shape index (κ2) is 1.88. The zero-order chi connectivity index (χ0) is 7.97. The first-order valence-corrected chi connectivity index (χ1v) is 3.70. The zero-order valence-corrected chi connectivity index (χ0v) is 6.25. The number of tetrazole rings is 1. The molecule has 3 heterocycles. The molecule has 0 saturated carbocycles. The van der Waals surface area contributed by atoms with Crippen LogP contribution >= 0.6 is 0 Å². The molecule has 1 aliphatic rings. The van der Waals surface area contributed by atoms with Crippen molar-refractivity contribution < 1.29 is 4.57 Å². The molecule has 0 bridgehead atoms. The number of aromatic nitrogens is 5. The Morgan fingerprint density at radius 1 is 1.42 bits per heavy atom. The minimum atomic E-state index is 0.721. The Morgan fingerprint density at radius 2 is 2.42 bits per heavy atom. The number of pyridine rings is 1. The van der Waals surface area contributed by atoms with E-state index in [1.54, 1.807) is 4.68 Å². The zero-order valence-electron chi connectivity index (χ0n) is 6.25. The van der Waals surface area contributed by atoms with Crippen LogP contribution in [0.25, 0.3) is 11.5 Å². The van der Waals surface area contributed by atoms with Gasteiger partial charge in [-0.05, 0) is 16.5 Å². The van der Waals surface area contributed by atoms with Gasteiger partial charge in [0.15, 0.2) is 6.20 Å². The summed E-state index contributed by atoms with van der Waals surface area (Å²) in [4.78, 5) is 0. The fourth-order valence-electron chi connectivity index (χ4n) is 1.43. The summed E-state index contributed by atoms with van der Waals surface area (Å²) in [5, 5.41) is 11.4. The number of fused-ring (bicyclic) bond motifs is 3. The maximum Gasteiger partial charge on any atom is 0.253 e. The Morgan fingerprint density at radius 3 is 3.42 bits per heavy atom. The molecule has 58 valence electrons. The molecule has 0 N–H and O–H groups in total. The first-order chi connectivity index (χ1) is 5.95. The van der Waals surface area contributed by atoms with E-state index in [9.17, 15) is 0 Å². The van der Waals surface area contributed by atoms with E-state index in [0.29, 0.717) is 0 Å². The Bertz CT molecular complexity index is 433. The standard InChI is InChI=1S/C7H6N5/c1-2-4-11-5-12-7(6(11)3-1)8-9-10-12/h1-4H,5H2/q+1. The third-order valence-corrected chi connectivity index (χ3v) is 1.99. The molecule has 0 saturated heterocycles. The van der Waals surface area contributed by atoms with Crippen LogP contribution in [0.4, 0.5) is 0 Å². The summed E-state index contributed by atoms with van der Waals surface area (Å²) >= 11 is 0. The van der Waals surface area contributed by atoms with Crippen molar-refractivity contribution in [2.75, 3.05) is 0 Å². The van der Waals surface area contributed by atoms with E-state index in [0.717, 1.165) is 18.2 Å². The van der Waals surface area contributed by atoms with Crippen molar-refractivity contribution in [3.63, 3.8) is 0 Å². The molecule has 2 aromatic rings. The lowest BCUT2D eigenvalue weighted by atomic mass is 10.3. The smallest absolute Gasteiger partial charge is 0.174 e. The maximum absolute atomic E-state index is 3.92. The molecule has 0 unspecified atom stereocenters.